The maximum absolute atomic E-state index is 14.5. The lowest BCUT2D eigenvalue weighted by Crippen LogP contribution is -2.16. The van der Waals surface area contributed by atoms with E-state index in [0.29, 0.717) is 39.1 Å². The second-order valence-corrected chi connectivity index (χ2v) is 18.8. The Morgan fingerprint density at radius 3 is 1.95 bits per heavy atom. The number of amides is 2. The third kappa shape index (κ3) is 8.81. The maximum Gasteiger partial charge on any atom is 0.269 e. The number of nitrogens with zero attached hydrogens (tertiary/aromatic N) is 3. The highest BCUT2D eigenvalue weighted by atomic mass is 32.2. The summed E-state index contributed by atoms with van der Waals surface area (Å²) < 4.78 is 82.2. The van der Waals surface area contributed by atoms with Crippen molar-refractivity contribution in [2.24, 2.45) is 11.8 Å². The first-order valence-electron chi connectivity index (χ1n) is 19.4. The lowest BCUT2D eigenvalue weighted by molar-refractivity contribution is -0.118. The summed E-state index contributed by atoms with van der Waals surface area (Å²) in [5, 5.41) is 6.84. The number of nitrogen functional groups attached to an aromatic ring is 1. The van der Waals surface area contributed by atoms with Crippen molar-refractivity contribution in [1.29, 1.82) is 0 Å². The molecule has 9 rings (SSSR count). The van der Waals surface area contributed by atoms with Crippen LogP contribution in [-0.4, -0.2) is 53.3 Å². The number of rotatable bonds is 11. The summed E-state index contributed by atoms with van der Waals surface area (Å²) in [6.07, 6.45) is 6.50. The number of halogens is 2. The first-order chi connectivity index (χ1) is 29.1. The van der Waals surface area contributed by atoms with E-state index in [2.05, 4.69) is 30.3 Å². The first-order valence-corrected chi connectivity index (χ1v) is 22.5. The molecule has 2 aliphatic carbocycles. The van der Waals surface area contributed by atoms with Crippen LogP contribution in [0.25, 0.3) is 44.3 Å². The molecule has 14 nitrogen and oxygen atoms in total. The molecule has 0 atom stereocenters. The number of aromatic nitrogens is 4. The molecule has 4 aromatic heterocycles. The number of carbonyl (C=O) groups excluding carboxylic acids is 2. The molecule has 0 radical (unpaired) electrons. The van der Waals surface area contributed by atoms with E-state index in [9.17, 15) is 35.2 Å². The van der Waals surface area contributed by atoms with Crippen LogP contribution >= 0.6 is 0 Å². The Morgan fingerprint density at radius 2 is 1.36 bits per heavy atom. The van der Waals surface area contributed by atoms with Gasteiger partial charge in [0.2, 0.25) is 21.8 Å². The van der Waals surface area contributed by atoms with Gasteiger partial charge in [-0.05, 0) is 122 Å². The number of H-pyrrole nitrogens is 1. The zero-order valence-electron chi connectivity index (χ0n) is 32.9. The first kappa shape index (κ1) is 41.1. The fourth-order valence-corrected chi connectivity index (χ4v) is 8.54. The number of pyridine rings is 2. The lowest BCUT2D eigenvalue weighted by atomic mass is 10.0. The summed E-state index contributed by atoms with van der Waals surface area (Å²) in [6, 6.07) is 21.9. The minimum atomic E-state index is -3.95. The maximum atomic E-state index is 14.5. The van der Waals surface area contributed by atoms with Gasteiger partial charge in [0, 0.05) is 35.0 Å². The number of hydrogen-bond donors (Lipinski definition) is 5. The van der Waals surface area contributed by atoms with Crippen molar-refractivity contribution >= 4 is 76.9 Å². The van der Waals surface area contributed by atoms with Gasteiger partial charge in [0.15, 0.2) is 5.65 Å². The Kier molecular flexibility index (Phi) is 10.8. The number of anilines is 4. The van der Waals surface area contributed by atoms with Crippen molar-refractivity contribution in [2.75, 3.05) is 26.8 Å². The van der Waals surface area contributed by atoms with E-state index >= 15 is 0 Å². The Bertz CT molecular complexity index is 3090. The molecule has 314 valence electrons. The zero-order valence-corrected chi connectivity index (χ0v) is 34.5. The predicted molar refractivity (Wildman–Crippen MR) is 231 cm³/mol. The van der Waals surface area contributed by atoms with Crippen molar-refractivity contribution in [3.63, 3.8) is 0 Å². The van der Waals surface area contributed by atoms with Gasteiger partial charge in [-0.1, -0.05) is 29.8 Å². The number of aryl methyl sites for hydroxylation is 1. The summed E-state index contributed by atoms with van der Waals surface area (Å²) >= 11 is 0. The predicted octanol–water partition coefficient (Wildman–Crippen LogP) is 7.80. The summed E-state index contributed by atoms with van der Waals surface area (Å²) in [7, 11) is -7.53. The topological polar surface area (TPSA) is 211 Å². The summed E-state index contributed by atoms with van der Waals surface area (Å²) in [5.74, 6) is -1.10. The van der Waals surface area contributed by atoms with Crippen LogP contribution in [-0.2, 0) is 29.6 Å². The van der Waals surface area contributed by atoms with E-state index in [4.69, 9.17) is 5.73 Å². The molecule has 0 spiro atoms. The van der Waals surface area contributed by atoms with Crippen LogP contribution in [0.4, 0.5) is 31.8 Å². The quantitative estimate of drug-likeness (QED) is 0.0802. The van der Waals surface area contributed by atoms with Crippen molar-refractivity contribution in [3.05, 3.63) is 115 Å². The highest BCUT2D eigenvalue weighted by molar-refractivity contribution is 7.92. The van der Waals surface area contributed by atoms with Crippen LogP contribution in [0.5, 0.6) is 0 Å². The Labute approximate surface area is 349 Å². The van der Waals surface area contributed by atoms with E-state index in [1.54, 1.807) is 48.7 Å². The van der Waals surface area contributed by atoms with Gasteiger partial charge < -0.3 is 21.4 Å². The molecule has 0 unspecified atom stereocenters. The fraction of sp³-hybridized carbons (Fsp3) is 0.209. The molecule has 3 aromatic carbocycles. The SMILES string of the molecule is CCS(=O)(=O)Nc1ccc(-c2cc(NC(=O)C3CC3)nc3[nH]ccc23)cc1F.Cc1ccc(S(=O)(=O)n2ccc3c(-c4ccc(N)c(F)c4)cc(NC(=O)C4CC4)nc32)cc1. The molecule has 0 aliphatic heterocycles. The molecule has 2 amide bonds. The molecule has 61 heavy (non-hydrogen) atoms. The summed E-state index contributed by atoms with van der Waals surface area (Å²) in [5.41, 5.74) is 9.41. The largest absolute Gasteiger partial charge is 0.396 e. The van der Waals surface area contributed by atoms with E-state index < -0.39 is 31.7 Å². The van der Waals surface area contributed by atoms with E-state index in [0.717, 1.165) is 40.6 Å². The second-order valence-electron chi connectivity index (χ2n) is 15.0. The molecule has 0 bridgehead atoms. The van der Waals surface area contributed by atoms with Crippen molar-refractivity contribution in [2.45, 2.75) is 44.4 Å². The normalized spacial score (nSPS) is 14.0. The van der Waals surface area contributed by atoms with Crippen LogP contribution < -0.4 is 21.1 Å². The number of nitrogens with two attached hydrogens (primary N) is 1. The van der Waals surface area contributed by atoms with Crippen LogP contribution in [0, 0.1) is 30.4 Å². The number of hydrogen-bond acceptors (Lipinski definition) is 9. The number of fused-ring (bicyclic) bond motifs is 2. The molecular formula is C43H40F2N8O6S2. The van der Waals surface area contributed by atoms with Gasteiger partial charge in [0.05, 0.1) is 22.0 Å². The summed E-state index contributed by atoms with van der Waals surface area (Å²) in [4.78, 5) is 36.4. The minimum absolute atomic E-state index is 0.00540. The van der Waals surface area contributed by atoms with Gasteiger partial charge in [-0.3, -0.25) is 14.3 Å². The van der Waals surface area contributed by atoms with Crippen LogP contribution in [0.3, 0.4) is 0 Å². The number of aromatic amines is 1. The van der Waals surface area contributed by atoms with E-state index in [1.807, 2.05) is 13.0 Å². The highest BCUT2D eigenvalue weighted by Crippen LogP contribution is 2.37. The molecule has 4 heterocycles. The molecule has 2 aliphatic rings. The smallest absolute Gasteiger partial charge is 0.269 e. The summed E-state index contributed by atoms with van der Waals surface area (Å²) in [6.45, 7) is 3.35. The average Bonchev–Trinajstić information content (AvgIpc) is 4.17. The van der Waals surface area contributed by atoms with E-state index in [-0.39, 0.29) is 57.1 Å². The van der Waals surface area contributed by atoms with Gasteiger partial charge in [-0.25, -0.2) is 39.6 Å². The molecule has 7 aromatic rings. The van der Waals surface area contributed by atoms with Gasteiger partial charge >= 0.3 is 0 Å². The van der Waals surface area contributed by atoms with Gasteiger partial charge in [0.25, 0.3) is 10.0 Å². The molecule has 6 N–H and O–H groups in total. The number of carbonyl (C=O) groups is 2. The van der Waals surface area contributed by atoms with Gasteiger partial charge in [-0.2, -0.15) is 0 Å². The Hall–Kier alpha value is -6.66. The average molecular weight is 867 g/mol. The standard InChI is InChI=1S/C24H21FN4O3S.C19H19FN4O3S/c1-14-2-7-17(8-3-14)33(31,32)29-11-10-18-19(16-6-9-21(26)20(25)12-16)13-22(27-23(18)29)28-24(30)15-4-5-15;1-2-28(26,27)24-16-6-5-12(9-15(16)20)14-10-17(23-19(25)11-3-4-11)22-18-13(14)7-8-21-18/h2-3,6-13,15H,4-5,26H2,1H3,(H,27,28,30);5-11,24H,2-4H2,1H3,(H2,21,22,23,25). The molecule has 2 saturated carbocycles. The lowest BCUT2D eigenvalue weighted by Gasteiger charge is -2.12. The molecule has 18 heteroatoms. The number of nitrogens with one attached hydrogen (secondary N) is 4. The Morgan fingerprint density at radius 1 is 0.770 bits per heavy atom. The molecule has 2 fully saturated rings. The second kappa shape index (κ2) is 16.1. The van der Waals surface area contributed by atoms with Gasteiger partial charge in [-0.15, -0.1) is 0 Å². The molecule has 0 saturated heterocycles. The number of benzene rings is 3. The van der Waals surface area contributed by atoms with Crippen molar-refractivity contribution in [1.82, 2.24) is 18.9 Å². The molecular weight excluding hydrogens is 827 g/mol. The Balaban J connectivity index is 0.000000171. The van der Waals surface area contributed by atoms with Crippen LogP contribution in [0.1, 0.15) is 38.2 Å². The van der Waals surface area contributed by atoms with Crippen LogP contribution in [0.2, 0.25) is 0 Å². The van der Waals surface area contributed by atoms with Crippen molar-refractivity contribution < 1.29 is 35.2 Å². The third-order valence-corrected chi connectivity index (χ3v) is 13.3. The van der Waals surface area contributed by atoms with E-state index in [1.165, 1.54) is 49.5 Å². The number of sulfonamides is 1. The van der Waals surface area contributed by atoms with Crippen LogP contribution in [0.15, 0.2) is 102 Å². The minimum Gasteiger partial charge on any atom is -0.396 e. The monoisotopic (exact) mass is 866 g/mol. The van der Waals surface area contributed by atoms with Crippen molar-refractivity contribution in [3.8, 4) is 22.3 Å². The van der Waals surface area contributed by atoms with Gasteiger partial charge in [0.1, 0.15) is 28.9 Å². The zero-order chi connectivity index (χ0) is 43.2. The highest BCUT2D eigenvalue weighted by Gasteiger charge is 2.31. The fourth-order valence-electron chi connectivity index (χ4n) is 6.60. The third-order valence-electron chi connectivity index (χ3n) is 10.4.